The van der Waals surface area contributed by atoms with Crippen molar-refractivity contribution < 1.29 is 23.8 Å². The van der Waals surface area contributed by atoms with Gasteiger partial charge in [-0.2, -0.15) is 0 Å². The van der Waals surface area contributed by atoms with Gasteiger partial charge in [-0.05, 0) is 79.3 Å². The minimum atomic E-state index is -3.40. The van der Waals surface area contributed by atoms with Crippen molar-refractivity contribution in [1.29, 1.82) is 0 Å². The summed E-state index contributed by atoms with van der Waals surface area (Å²) >= 11 is 0. The largest absolute Gasteiger partial charge is 0.507 e. The molecule has 0 saturated carbocycles. The fourth-order valence-electron chi connectivity index (χ4n) is 4.41. The van der Waals surface area contributed by atoms with Crippen LogP contribution in [-0.4, -0.2) is 54.1 Å². The van der Waals surface area contributed by atoms with Gasteiger partial charge >= 0.3 is 7.60 Å². The predicted octanol–water partition coefficient (Wildman–Crippen LogP) is 8.85. The fourth-order valence-corrected chi connectivity index (χ4v) is 5.54. The summed E-state index contributed by atoms with van der Waals surface area (Å²) < 4.78 is 25.6. The van der Waals surface area contributed by atoms with Crippen molar-refractivity contribution in [3.05, 3.63) is 57.6 Å². The molecule has 0 heterocycles. The zero-order chi connectivity index (χ0) is 29.5. The summed E-state index contributed by atoms with van der Waals surface area (Å²) in [5, 5.41) is 22.0. The molecule has 0 fully saturated rings. The van der Waals surface area contributed by atoms with Crippen LogP contribution in [0.1, 0.15) is 123 Å². The van der Waals surface area contributed by atoms with Crippen LogP contribution < -0.4 is 0 Å². The molecule has 0 atom stereocenters. The summed E-state index contributed by atoms with van der Waals surface area (Å²) in [5.41, 5.74) is 3.99. The molecule has 0 aromatic heterocycles. The molecule has 0 bridgehead atoms. The SMILES string of the molecule is CCP(=O)(OCc1cc(C(C)(C)C)c(O)c(C(C)(C)C)c1)OCc1cc(C(C)(C)C)c(O)c(C(C)(C)C)c1.[Ca]. The quantitative estimate of drug-likeness (QED) is 0.250. The van der Waals surface area contributed by atoms with E-state index in [9.17, 15) is 14.8 Å². The molecular weight excluding hydrogens is 535 g/mol. The Kier molecular flexibility index (Phi) is 11.9. The van der Waals surface area contributed by atoms with Crippen LogP contribution in [0.2, 0.25) is 0 Å². The minimum Gasteiger partial charge on any atom is -0.507 e. The Balaban J connectivity index is 0.00000760. The van der Waals surface area contributed by atoms with Crippen LogP contribution in [-0.2, 0) is 48.5 Å². The molecule has 2 N–H and O–H groups in total. The van der Waals surface area contributed by atoms with E-state index in [0.717, 1.165) is 33.4 Å². The van der Waals surface area contributed by atoms with Crippen molar-refractivity contribution in [2.45, 2.75) is 125 Å². The zero-order valence-electron chi connectivity index (χ0n) is 26.7. The van der Waals surface area contributed by atoms with Gasteiger partial charge in [-0.1, -0.05) is 90.0 Å². The van der Waals surface area contributed by atoms with E-state index >= 15 is 0 Å². The maximum Gasteiger partial charge on any atom is 0.331 e. The normalized spacial score (nSPS) is 13.4. The third kappa shape index (κ3) is 9.48. The van der Waals surface area contributed by atoms with Gasteiger partial charge < -0.3 is 19.3 Å². The molecule has 2 radical (unpaired) electrons. The molecule has 0 aliphatic heterocycles. The molecule has 5 nitrogen and oxygen atoms in total. The zero-order valence-corrected chi connectivity index (χ0v) is 29.8. The molecule has 39 heavy (non-hydrogen) atoms. The number of benzene rings is 2. The summed E-state index contributed by atoms with van der Waals surface area (Å²) in [7, 11) is -3.40. The second-order valence-electron chi connectivity index (χ2n) is 14.6. The maximum atomic E-state index is 13.6. The standard InChI is InChI=1S/C32H51O5P.Ca/c1-14-38(35,36-19-21-15-23(29(2,3)4)27(33)24(16-21)30(5,6)7)37-20-22-17-25(31(8,9)10)28(34)26(18-22)32(11,12)13;/h15-18,33-34H,14,19-20H2,1-13H3;. The first-order chi connectivity index (χ1) is 17.0. The molecule has 0 unspecified atom stereocenters. The van der Waals surface area contributed by atoms with Gasteiger partial charge in [-0.15, -0.1) is 0 Å². The molecule has 216 valence electrons. The van der Waals surface area contributed by atoms with Crippen LogP contribution in [0.3, 0.4) is 0 Å². The van der Waals surface area contributed by atoms with E-state index in [1.165, 1.54) is 0 Å². The Hall–Kier alpha value is -0.550. The molecular formula is C32H51CaO5P. The van der Waals surface area contributed by atoms with Crippen molar-refractivity contribution in [3.8, 4) is 11.5 Å². The third-order valence-electron chi connectivity index (χ3n) is 6.81. The Morgan fingerprint density at radius 3 is 1.00 bits per heavy atom. The van der Waals surface area contributed by atoms with E-state index in [-0.39, 0.29) is 78.8 Å². The van der Waals surface area contributed by atoms with E-state index in [1.807, 2.05) is 24.3 Å². The second-order valence-corrected chi connectivity index (χ2v) is 16.9. The van der Waals surface area contributed by atoms with Gasteiger partial charge in [-0.3, -0.25) is 4.57 Å². The summed E-state index contributed by atoms with van der Waals surface area (Å²) in [6.45, 7) is 26.8. The van der Waals surface area contributed by atoms with Crippen LogP contribution in [0.4, 0.5) is 0 Å². The van der Waals surface area contributed by atoms with E-state index in [2.05, 4.69) is 83.1 Å². The summed E-state index contributed by atoms with van der Waals surface area (Å²) in [6, 6.07) is 7.76. The monoisotopic (exact) mass is 586 g/mol. The predicted molar refractivity (Wildman–Crippen MR) is 164 cm³/mol. The number of hydrogen-bond acceptors (Lipinski definition) is 5. The maximum absolute atomic E-state index is 13.6. The summed E-state index contributed by atoms with van der Waals surface area (Å²) in [6.07, 6.45) is 0.236. The van der Waals surface area contributed by atoms with Gasteiger partial charge in [0, 0.05) is 43.9 Å². The number of phenols is 2. The fraction of sp³-hybridized carbons (Fsp3) is 0.625. The van der Waals surface area contributed by atoms with Crippen molar-refractivity contribution in [2.24, 2.45) is 0 Å². The van der Waals surface area contributed by atoms with Crippen LogP contribution in [0.15, 0.2) is 24.3 Å². The number of rotatable bonds is 7. The number of phenolic OH excluding ortho intramolecular Hbond substituents is 2. The topological polar surface area (TPSA) is 76.0 Å². The van der Waals surface area contributed by atoms with Gasteiger partial charge in [-0.25, -0.2) is 0 Å². The van der Waals surface area contributed by atoms with Crippen LogP contribution in [0.25, 0.3) is 0 Å². The van der Waals surface area contributed by atoms with E-state index in [0.29, 0.717) is 11.5 Å². The summed E-state index contributed by atoms with van der Waals surface area (Å²) in [5.74, 6) is 0.612. The van der Waals surface area contributed by atoms with Gasteiger partial charge in [0.2, 0.25) is 0 Å². The van der Waals surface area contributed by atoms with Gasteiger partial charge in [0.05, 0.1) is 13.2 Å². The average molecular weight is 587 g/mol. The Labute approximate surface area is 267 Å². The van der Waals surface area contributed by atoms with E-state index in [1.54, 1.807) is 6.92 Å². The minimum absolute atomic E-state index is 0. The molecule has 0 aliphatic rings. The molecule has 2 rings (SSSR count). The van der Waals surface area contributed by atoms with Gasteiger partial charge in [0.1, 0.15) is 11.5 Å². The molecule has 7 heteroatoms. The van der Waals surface area contributed by atoms with E-state index < -0.39 is 7.60 Å². The Morgan fingerprint density at radius 2 is 0.821 bits per heavy atom. The molecule has 0 aliphatic carbocycles. The average Bonchev–Trinajstić information content (AvgIpc) is 2.74. The van der Waals surface area contributed by atoms with Crippen molar-refractivity contribution >= 4 is 45.3 Å². The molecule has 0 saturated heterocycles. The Morgan fingerprint density at radius 1 is 0.590 bits per heavy atom. The first-order valence-electron chi connectivity index (χ1n) is 13.6. The van der Waals surface area contributed by atoms with E-state index in [4.69, 9.17) is 9.05 Å². The first kappa shape index (κ1) is 36.5. The third-order valence-corrected chi connectivity index (χ3v) is 8.63. The first-order valence-corrected chi connectivity index (χ1v) is 15.3. The van der Waals surface area contributed by atoms with Crippen molar-refractivity contribution in [2.75, 3.05) is 6.16 Å². The van der Waals surface area contributed by atoms with Crippen LogP contribution in [0.5, 0.6) is 11.5 Å². The number of aromatic hydroxyl groups is 2. The van der Waals surface area contributed by atoms with Crippen molar-refractivity contribution in [3.63, 3.8) is 0 Å². The van der Waals surface area contributed by atoms with Crippen LogP contribution in [0, 0.1) is 0 Å². The smallest absolute Gasteiger partial charge is 0.331 e. The second kappa shape index (κ2) is 12.8. The molecule has 2 aromatic carbocycles. The molecule has 0 amide bonds. The van der Waals surface area contributed by atoms with Gasteiger partial charge in [0.15, 0.2) is 0 Å². The molecule has 2 aromatic rings. The van der Waals surface area contributed by atoms with Crippen LogP contribution >= 0.6 is 7.60 Å². The van der Waals surface area contributed by atoms with Crippen molar-refractivity contribution in [1.82, 2.24) is 0 Å². The number of hydrogen-bond donors (Lipinski definition) is 2. The molecule has 0 spiro atoms. The Bertz CT molecular complexity index is 1030. The summed E-state index contributed by atoms with van der Waals surface area (Å²) in [4.78, 5) is 0. The van der Waals surface area contributed by atoms with Gasteiger partial charge in [0.25, 0.3) is 0 Å².